The zero-order valence-electron chi connectivity index (χ0n) is 27.6. The van der Waals surface area contributed by atoms with Crippen molar-refractivity contribution in [1.29, 1.82) is 0 Å². The molecule has 45 heavy (non-hydrogen) atoms. The molecule has 9 heteroatoms. The topological polar surface area (TPSA) is 103 Å². The third-order valence-electron chi connectivity index (χ3n) is 8.87. The van der Waals surface area contributed by atoms with Gasteiger partial charge in [0.15, 0.2) is 5.71 Å². The number of nitrogens with one attached hydrogen (secondary N) is 1. The molecule has 9 nitrogen and oxygen atoms in total. The van der Waals surface area contributed by atoms with Crippen LogP contribution in [0.2, 0.25) is 0 Å². The van der Waals surface area contributed by atoms with Crippen molar-refractivity contribution in [2.24, 2.45) is 5.11 Å². The smallest absolute Gasteiger partial charge is 0.220 e. The van der Waals surface area contributed by atoms with Crippen LogP contribution >= 0.6 is 0 Å². The zero-order chi connectivity index (χ0) is 32.3. The summed E-state index contributed by atoms with van der Waals surface area (Å²) in [6, 6.07) is 17.4. The first-order valence-electron chi connectivity index (χ1n) is 16.1. The number of fused-ring (bicyclic) bond motifs is 2. The van der Waals surface area contributed by atoms with Gasteiger partial charge < -0.3 is 19.7 Å². The molecule has 2 aromatic carbocycles. The number of azide groups is 1. The molecule has 2 aliphatic rings. The Morgan fingerprint density at radius 3 is 2.42 bits per heavy atom. The van der Waals surface area contributed by atoms with E-state index in [1.165, 1.54) is 33.9 Å². The molecule has 1 N–H and O–H groups in total. The van der Waals surface area contributed by atoms with Crippen molar-refractivity contribution in [3.8, 4) is 0 Å². The Balaban J connectivity index is 1.27. The third kappa shape index (κ3) is 8.23. The number of amides is 1. The van der Waals surface area contributed by atoms with Gasteiger partial charge in [-0.15, -0.1) is 0 Å². The fourth-order valence-electron chi connectivity index (χ4n) is 6.47. The Kier molecular flexibility index (Phi) is 12.0. The molecule has 0 unspecified atom stereocenters. The zero-order valence-corrected chi connectivity index (χ0v) is 27.6. The number of carbonyl (C=O) groups excluding carboxylic acids is 1. The minimum Gasteiger partial charge on any atom is -0.379 e. The highest BCUT2D eigenvalue weighted by molar-refractivity contribution is 6.03. The van der Waals surface area contributed by atoms with Gasteiger partial charge >= 0.3 is 0 Å². The standard InChI is InChI=1S/C36H48N6O3/c1-35(2)28-14-8-10-16-30(28)41(5)32(35)18-13-19-33-36(3,4)29-15-9-11-17-31(29)42(33)23-12-6-7-20-34(43)38-21-24-44-26-27-45-25-22-39-40-37/h8-11,13-19H,6-7,12,20-27H2,1-5H3/p+1. The Bertz CT molecular complexity index is 1470. The maximum atomic E-state index is 12.3. The summed E-state index contributed by atoms with van der Waals surface area (Å²) >= 11 is 0. The van der Waals surface area contributed by atoms with Gasteiger partial charge in [0, 0.05) is 65.5 Å². The molecule has 2 aromatic rings. The van der Waals surface area contributed by atoms with Crippen LogP contribution in [0.3, 0.4) is 0 Å². The van der Waals surface area contributed by atoms with E-state index in [0.717, 1.165) is 25.8 Å². The molecule has 0 aromatic heterocycles. The summed E-state index contributed by atoms with van der Waals surface area (Å²) in [5, 5.41) is 6.34. The van der Waals surface area contributed by atoms with Crippen LogP contribution < -0.4 is 10.2 Å². The first-order valence-corrected chi connectivity index (χ1v) is 16.1. The van der Waals surface area contributed by atoms with E-state index >= 15 is 0 Å². The van der Waals surface area contributed by atoms with Crippen molar-refractivity contribution in [2.75, 3.05) is 58.0 Å². The number of nitrogens with zero attached hydrogens (tertiary/aromatic N) is 5. The minimum atomic E-state index is -0.105. The molecule has 0 saturated carbocycles. The summed E-state index contributed by atoms with van der Waals surface area (Å²) in [5.74, 6) is 0.0574. The van der Waals surface area contributed by atoms with E-state index < -0.39 is 0 Å². The van der Waals surface area contributed by atoms with E-state index in [9.17, 15) is 4.79 Å². The summed E-state index contributed by atoms with van der Waals surface area (Å²) in [7, 11) is 2.16. The summed E-state index contributed by atoms with van der Waals surface area (Å²) in [4.78, 5) is 17.4. The van der Waals surface area contributed by atoms with Crippen molar-refractivity contribution >= 4 is 23.0 Å². The average molecular weight is 614 g/mol. The molecule has 0 aliphatic carbocycles. The lowest BCUT2D eigenvalue weighted by Gasteiger charge is -2.27. The Morgan fingerprint density at radius 2 is 1.67 bits per heavy atom. The number of carbonyl (C=O) groups is 1. The van der Waals surface area contributed by atoms with Crippen LogP contribution in [0, 0.1) is 0 Å². The van der Waals surface area contributed by atoms with E-state index in [4.69, 9.17) is 15.0 Å². The first kappa shape index (κ1) is 34.0. The number of unbranched alkanes of at least 4 members (excludes halogenated alkanes) is 2. The van der Waals surface area contributed by atoms with Gasteiger partial charge in [-0.1, -0.05) is 67.9 Å². The van der Waals surface area contributed by atoms with Crippen molar-refractivity contribution < 1.29 is 18.8 Å². The maximum Gasteiger partial charge on any atom is 0.220 e. The molecule has 1 amide bonds. The summed E-state index contributed by atoms with van der Waals surface area (Å²) in [6.07, 6.45) is 10.1. The number of ether oxygens (including phenoxy) is 2. The normalized spacial score (nSPS) is 17.1. The van der Waals surface area contributed by atoms with Crippen molar-refractivity contribution in [3.05, 3.63) is 94.0 Å². The second-order valence-corrected chi connectivity index (χ2v) is 12.6. The van der Waals surface area contributed by atoms with E-state index in [0.29, 0.717) is 45.9 Å². The van der Waals surface area contributed by atoms with Crippen molar-refractivity contribution in [2.45, 2.75) is 64.2 Å². The van der Waals surface area contributed by atoms with Crippen LogP contribution in [0.15, 0.2) is 77.6 Å². The van der Waals surface area contributed by atoms with E-state index in [-0.39, 0.29) is 16.7 Å². The van der Waals surface area contributed by atoms with Crippen LogP contribution in [0.5, 0.6) is 0 Å². The Labute approximate surface area is 268 Å². The predicted octanol–water partition coefficient (Wildman–Crippen LogP) is 6.95. The molecule has 0 saturated heterocycles. The molecular weight excluding hydrogens is 564 g/mol. The highest BCUT2D eigenvalue weighted by atomic mass is 16.5. The van der Waals surface area contributed by atoms with Crippen molar-refractivity contribution in [3.63, 3.8) is 0 Å². The lowest BCUT2D eigenvalue weighted by Crippen LogP contribution is -2.28. The number of para-hydroxylation sites is 2. The summed E-state index contributed by atoms with van der Waals surface area (Å²) < 4.78 is 13.1. The van der Waals surface area contributed by atoms with Gasteiger partial charge in [-0.3, -0.25) is 4.79 Å². The fraction of sp³-hybridized carbons (Fsp3) is 0.500. The van der Waals surface area contributed by atoms with E-state index in [1.54, 1.807) is 0 Å². The molecule has 2 heterocycles. The van der Waals surface area contributed by atoms with Gasteiger partial charge in [0.05, 0.1) is 31.8 Å². The second-order valence-electron chi connectivity index (χ2n) is 12.6. The summed E-state index contributed by atoms with van der Waals surface area (Å²) in [5.41, 5.74) is 15.9. The number of hydrogen-bond donors (Lipinski definition) is 1. The van der Waals surface area contributed by atoms with Crippen molar-refractivity contribution in [1.82, 2.24) is 5.32 Å². The highest BCUT2D eigenvalue weighted by Gasteiger charge is 2.43. The Hall–Kier alpha value is -3.91. The van der Waals surface area contributed by atoms with Crippen LogP contribution in [0.25, 0.3) is 10.4 Å². The number of benzene rings is 2. The molecule has 0 fully saturated rings. The third-order valence-corrected chi connectivity index (χ3v) is 8.87. The minimum absolute atomic E-state index is 0.0574. The lowest BCUT2D eigenvalue weighted by atomic mass is 9.81. The molecule has 0 atom stereocenters. The lowest BCUT2D eigenvalue weighted by molar-refractivity contribution is -0.401. The van der Waals surface area contributed by atoms with E-state index in [1.807, 2.05) is 0 Å². The second kappa shape index (κ2) is 15.9. The molecule has 0 bridgehead atoms. The van der Waals surface area contributed by atoms with Gasteiger partial charge in [-0.25, -0.2) is 0 Å². The van der Waals surface area contributed by atoms with Crippen LogP contribution in [0.1, 0.15) is 64.5 Å². The molecular formula is C36H49N6O3+. The quantitative estimate of drug-likeness (QED) is 0.0686. The van der Waals surface area contributed by atoms with Crippen LogP contribution in [0.4, 0.5) is 11.4 Å². The number of hydrogen-bond acceptors (Lipinski definition) is 5. The van der Waals surface area contributed by atoms with Gasteiger partial charge in [-0.2, -0.15) is 4.58 Å². The van der Waals surface area contributed by atoms with E-state index in [2.05, 4.69) is 126 Å². The Morgan fingerprint density at radius 1 is 0.956 bits per heavy atom. The average Bonchev–Trinajstić information content (AvgIpc) is 3.36. The number of allylic oxidation sites excluding steroid dienone is 4. The van der Waals surface area contributed by atoms with Crippen LogP contribution in [-0.2, 0) is 25.1 Å². The van der Waals surface area contributed by atoms with Gasteiger partial charge in [0.25, 0.3) is 0 Å². The maximum absolute atomic E-state index is 12.3. The SMILES string of the molecule is C[N+]1=C(/C=C/C=C2\N(CCCCCC(=O)NCCOCCOCCN=[N+]=[N-])c3ccccc3C2(C)C)C(C)(C)c2ccccc21. The number of anilines is 1. The highest BCUT2D eigenvalue weighted by Crippen LogP contribution is 2.47. The fourth-order valence-corrected chi connectivity index (χ4v) is 6.47. The molecule has 4 rings (SSSR count). The molecule has 2 aliphatic heterocycles. The van der Waals surface area contributed by atoms with Gasteiger partial charge in [0.1, 0.15) is 7.05 Å². The predicted molar refractivity (Wildman–Crippen MR) is 181 cm³/mol. The summed E-state index contributed by atoms with van der Waals surface area (Å²) in [6.45, 7) is 12.6. The number of rotatable bonds is 17. The molecule has 0 radical (unpaired) electrons. The van der Waals surface area contributed by atoms with Gasteiger partial charge in [-0.05, 0) is 49.9 Å². The molecule has 0 spiro atoms. The van der Waals surface area contributed by atoms with Crippen LogP contribution in [-0.4, -0.2) is 69.3 Å². The molecule has 240 valence electrons. The van der Waals surface area contributed by atoms with Gasteiger partial charge in [0.2, 0.25) is 11.6 Å². The monoisotopic (exact) mass is 613 g/mol. The largest absolute Gasteiger partial charge is 0.379 e. The first-order chi connectivity index (χ1) is 21.7.